The number of carbonyl (C=O) groups is 2. The van der Waals surface area contributed by atoms with Gasteiger partial charge in [-0.05, 0) is 29.8 Å². The summed E-state index contributed by atoms with van der Waals surface area (Å²) in [5.74, 6) is -0.753. The van der Waals surface area contributed by atoms with E-state index in [0.717, 1.165) is 0 Å². The number of benzene rings is 2. The number of halogens is 3. The molecule has 0 aliphatic carbocycles. The fourth-order valence-corrected chi connectivity index (χ4v) is 3.01. The van der Waals surface area contributed by atoms with Crippen molar-refractivity contribution in [2.75, 3.05) is 18.5 Å². The van der Waals surface area contributed by atoms with E-state index in [4.69, 9.17) is 9.15 Å². The predicted octanol–water partition coefficient (Wildman–Crippen LogP) is 3.87. The van der Waals surface area contributed by atoms with Crippen molar-refractivity contribution in [1.82, 2.24) is 5.32 Å². The molecule has 2 amide bonds. The number of nitrogens with one attached hydrogen (secondary N) is 2. The van der Waals surface area contributed by atoms with Crippen LogP contribution in [0.2, 0.25) is 0 Å². The number of amides is 2. The van der Waals surface area contributed by atoms with Crippen LogP contribution in [0.5, 0.6) is 5.75 Å². The van der Waals surface area contributed by atoms with Gasteiger partial charge in [-0.1, -0.05) is 36.4 Å². The van der Waals surface area contributed by atoms with Crippen LogP contribution in [-0.4, -0.2) is 36.2 Å². The van der Waals surface area contributed by atoms with Gasteiger partial charge in [0, 0.05) is 24.7 Å². The third-order valence-corrected chi connectivity index (χ3v) is 4.74. The standard InChI is InChI=1S/C23H21F3N2O5/c24-23(25,26)22(31,16-6-2-1-3-7-16)11-12-27-20(29)15-33-18-9-4-8-17(14-18)28-21(30)19-10-5-13-32-19/h1-10,13-14,31H,11-12,15H2,(H,27,29)(H,28,30)/t22-/m0/s1. The minimum absolute atomic E-state index is 0.120. The quantitative estimate of drug-likeness (QED) is 0.448. The molecule has 7 nitrogen and oxygen atoms in total. The Bertz CT molecular complexity index is 1070. The number of aliphatic hydroxyl groups is 1. The van der Waals surface area contributed by atoms with E-state index in [1.165, 1.54) is 48.7 Å². The van der Waals surface area contributed by atoms with Crippen molar-refractivity contribution in [2.24, 2.45) is 0 Å². The number of ether oxygens (including phenoxy) is 1. The molecular formula is C23H21F3N2O5. The van der Waals surface area contributed by atoms with Crippen LogP contribution in [0.3, 0.4) is 0 Å². The van der Waals surface area contributed by atoms with Crippen molar-refractivity contribution in [1.29, 1.82) is 0 Å². The van der Waals surface area contributed by atoms with Crippen molar-refractivity contribution < 1.29 is 37.0 Å². The lowest BCUT2D eigenvalue weighted by Gasteiger charge is -2.31. The number of hydrogen-bond donors (Lipinski definition) is 3. The second kappa shape index (κ2) is 10.2. The zero-order valence-electron chi connectivity index (χ0n) is 17.3. The highest BCUT2D eigenvalue weighted by molar-refractivity contribution is 6.02. The smallest absolute Gasteiger partial charge is 0.421 e. The average Bonchev–Trinajstić information content (AvgIpc) is 3.33. The van der Waals surface area contributed by atoms with Crippen LogP contribution < -0.4 is 15.4 Å². The zero-order chi connectivity index (χ0) is 23.9. The lowest BCUT2D eigenvalue weighted by atomic mass is 9.89. The summed E-state index contributed by atoms with van der Waals surface area (Å²) in [7, 11) is 0. The minimum atomic E-state index is -4.92. The number of alkyl halides is 3. The molecule has 1 aromatic heterocycles. The molecule has 0 fully saturated rings. The number of anilines is 1. The Kier molecular flexibility index (Phi) is 7.39. The fraction of sp³-hybridized carbons (Fsp3) is 0.217. The molecule has 0 bridgehead atoms. The predicted molar refractivity (Wildman–Crippen MR) is 113 cm³/mol. The summed E-state index contributed by atoms with van der Waals surface area (Å²) in [5.41, 5.74) is -3.01. The van der Waals surface area contributed by atoms with Crippen molar-refractivity contribution in [2.45, 2.75) is 18.2 Å². The summed E-state index contributed by atoms with van der Waals surface area (Å²) in [6, 6.07) is 16.0. The average molecular weight is 462 g/mol. The topological polar surface area (TPSA) is 101 Å². The van der Waals surface area contributed by atoms with E-state index in [0.29, 0.717) is 5.69 Å². The molecule has 0 saturated carbocycles. The molecule has 0 saturated heterocycles. The maximum atomic E-state index is 13.5. The molecule has 174 valence electrons. The third-order valence-electron chi connectivity index (χ3n) is 4.74. The molecule has 3 aromatic rings. The van der Waals surface area contributed by atoms with Crippen LogP contribution in [0.4, 0.5) is 18.9 Å². The summed E-state index contributed by atoms with van der Waals surface area (Å²) >= 11 is 0. The van der Waals surface area contributed by atoms with Gasteiger partial charge in [-0.25, -0.2) is 0 Å². The molecule has 1 heterocycles. The van der Waals surface area contributed by atoms with Crippen LogP contribution in [-0.2, 0) is 10.4 Å². The molecule has 3 rings (SSSR count). The second-order valence-electron chi connectivity index (χ2n) is 7.07. The summed E-state index contributed by atoms with van der Waals surface area (Å²) < 4.78 is 50.8. The van der Waals surface area contributed by atoms with Gasteiger partial charge in [-0.3, -0.25) is 9.59 Å². The first-order valence-corrected chi connectivity index (χ1v) is 9.88. The second-order valence-corrected chi connectivity index (χ2v) is 7.07. The fourth-order valence-electron chi connectivity index (χ4n) is 3.01. The van der Waals surface area contributed by atoms with Crippen molar-refractivity contribution >= 4 is 17.5 Å². The Hall–Kier alpha value is -3.79. The van der Waals surface area contributed by atoms with Gasteiger partial charge in [-0.2, -0.15) is 13.2 Å². The summed E-state index contributed by atoms with van der Waals surface area (Å²) in [5, 5.41) is 15.2. The molecule has 33 heavy (non-hydrogen) atoms. The Morgan fingerprint density at radius 3 is 2.42 bits per heavy atom. The number of rotatable bonds is 9. The van der Waals surface area contributed by atoms with Gasteiger partial charge in [0.25, 0.3) is 11.8 Å². The van der Waals surface area contributed by atoms with Crippen LogP contribution in [0.15, 0.2) is 77.4 Å². The molecule has 0 unspecified atom stereocenters. The molecular weight excluding hydrogens is 441 g/mol. The van der Waals surface area contributed by atoms with E-state index in [9.17, 15) is 27.9 Å². The van der Waals surface area contributed by atoms with Crippen molar-refractivity contribution in [3.8, 4) is 5.75 Å². The number of furan rings is 1. The van der Waals surface area contributed by atoms with Gasteiger partial charge < -0.3 is 24.9 Å². The van der Waals surface area contributed by atoms with Crippen LogP contribution in [0.25, 0.3) is 0 Å². The first kappa shape index (κ1) is 23.9. The highest BCUT2D eigenvalue weighted by Crippen LogP contribution is 2.41. The van der Waals surface area contributed by atoms with Gasteiger partial charge in [0.05, 0.1) is 6.26 Å². The number of hydrogen-bond acceptors (Lipinski definition) is 5. The lowest BCUT2D eigenvalue weighted by Crippen LogP contribution is -2.45. The molecule has 1 atom stereocenters. The molecule has 0 spiro atoms. The van der Waals surface area contributed by atoms with Crippen molar-refractivity contribution in [3.63, 3.8) is 0 Å². The van der Waals surface area contributed by atoms with Gasteiger partial charge >= 0.3 is 6.18 Å². The Balaban J connectivity index is 1.51. The minimum Gasteiger partial charge on any atom is -0.484 e. The summed E-state index contributed by atoms with van der Waals surface area (Å²) in [6.45, 7) is -0.891. The highest BCUT2D eigenvalue weighted by atomic mass is 19.4. The SMILES string of the molecule is O=C(COc1cccc(NC(=O)c2ccco2)c1)NCC[C@](O)(c1ccccc1)C(F)(F)F. The number of carbonyl (C=O) groups excluding carboxylic acids is 2. The van der Waals surface area contributed by atoms with E-state index in [1.807, 2.05) is 0 Å². The van der Waals surface area contributed by atoms with Crippen LogP contribution in [0, 0.1) is 0 Å². The molecule has 10 heteroatoms. The summed E-state index contributed by atoms with van der Waals surface area (Å²) in [4.78, 5) is 24.0. The van der Waals surface area contributed by atoms with E-state index in [2.05, 4.69) is 10.6 Å². The first-order valence-electron chi connectivity index (χ1n) is 9.88. The maximum Gasteiger partial charge on any atom is 0.421 e. The summed E-state index contributed by atoms with van der Waals surface area (Å²) in [6.07, 6.45) is -4.32. The maximum absolute atomic E-state index is 13.5. The Labute approximate surface area is 187 Å². The van der Waals surface area contributed by atoms with Gasteiger partial charge in [0.1, 0.15) is 5.75 Å². The van der Waals surface area contributed by atoms with Crippen LogP contribution >= 0.6 is 0 Å². The van der Waals surface area contributed by atoms with E-state index in [-0.39, 0.29) is 17.1 Å². The monoisotopic (exact) mass is 462 g/mol. The molecule has 0 aliphatic rings. The first-order chi connectivity index (χ1) is 15.7. The molecule has 3 N–H and O–H groups in total. The highest BCUT2D eigenvalue weighted by Gasteiger charge is 2.54. The Morgan fingerprint density at radius 2 is 1.76 bits per heavy atom. The van der Waals surface area contributed by atoms with Gasteiger partial charge in [0.2, 0.25) is 0 Å². The normalized spacial score (nSPS) is 13.1. The van der Waals surface area contributed by atoms with E-state index in [1.54, 1.807) is 24.3 Å². The van der Waals surface area contributed by atoms with Crippen molar-refractivity contribution in [3.05, 3.63) is 84.3 Å². The lowest BCUT2D eigenvalue weighted by molar-refractivity contribution is -0.268. The van der Waals surface area contributed by atoms with Crippen LogP contribution in [0.1, 0.15) is 22.5 Å². The molecule has 0 aliphatic heterocycles. The van der Waals surface area contributed by atoms with E-state index < -0.39 is 43.2 Å². The Morgan fingerprint density at radius 1 is 1.00 bits per heavy atom. The van der Waals surface area contributed by atoms with E-state index >= 15 is 0 Å². The molecule has 2 aromatic carbocycles. The molecule has 0 radical (unpaired) electrons. The zero-order valence-corrected chi connectivity index (χ0v) is 17.3. The largest absolute Gasteiger partial charge is 0.484 e. The third kappa shape index (κ3) is 6.13. The van der Waals surface area contributed by atoms with Gasteiger partial charge in [0.15, 0.2) is 18.0 Å². The van der Waals surface area contributed by atoms with Gasteiger partial charge in [-0.15, -0.1) is 0 Å².